The average Bonchev–Trinajstić information content (AvgIpc) is 2.39. The van der Waals surface area contributed by atoms with Crippen molar-refractivity contribution in [3.05, 3.63) is 29.3 Å². The van der Waals surface area contributed by atoms with Gasteiger partial charge in [-0.2, -0.15) is 0 Å². The van der Waals surface area contributed by atoms with Crippen molar-refractivity contribution in [3.8, 4) is 0 Å². The van der Waals surface area contributed by atoms with Gasteiger partial charge in [0.05, 0.1) is 6.04 Å². The fourth-order valence-electron chi connectivity index (χ4n) is 3.06. The van der Waals surface area contributed by atoms with Crippen LogP contribution in [0, 0.1) is 6.92 Å². The van der Waals surface area contributed by atoms with Crippen LogP contribution < -0.4 is 10.2 Å². The first kappa shape index (κ1) is 14.4. The number of piperazine rings is 1. The van der Waals surface area contributed by atoms with Crippen LogP contribution in [-0.4, -0.2) is 51.2 Å². The number of nitrogens with one attached hydrogen (secondary N) is 1. The Balaban J connectivity index is 2.31. The standard InChI is InChI=1S/C16H27N3/c1-5-14-8-6-7-13(2)16(14)19-10-9-17-11-15(19)12-18(3)4/h6-8,15,17H,5,9-12H2,1-4H3. The Bertz CT molecular complexity index is 414. The van der Waals surface area contributed by atoms with Crippen molar-refractivity contribution in [3.63, 3.8) is 0 Å². The highest BCUT2D eigenvalue weighted by atomic mass is 15.3. The molecule has 1 atom stereocenters. The summed E-state index contributed by atoms with van der Waals surface area (Å²) in [7, 11) is 4.32. The fourth-order valence-corrected chi connectivity index (χ4v) is 3.06. The van der Waals surface area contributed by atoms with Crippen LogP contribution in [0.3, 0.4) is 0 Å². The maximum absolute atomic E-state index is 3.53. The molecule has 3 nitrogen and oxygen atoms in total. The van der Waals surface area contributed by atoms with Gasteiger partial charge in [-0.05, 0) is 38.6 Å². The summed E-state index contributed by atoms with van der Waals surface area (Å²) in [5, 5.41) is 3.53. The van der Waals surface area contributed by atoms with Crippen LogP contribution in [0.2, 0.25) is 0 Å². The molecule has 2 rings (SSSR count). The van der Waals surface area contributed by atoms with Crippen LogP contribution >= 0.6 is 0 Å². The molecule has 1 aliphatic heterocycles. The Kier molecular flexibility index (Phi) is 4.83. The molecule has 1 fully saturated rings. The number of likely N-dealkylation sites (N-methyl/N-ethyl adjacent to an activating group) is 1. The number of anilines is 1. The molecular weight excluding hydrogens is 234 g/mol. The number of aryl methyl sites for hydroxylation is 2. The monoisotopic (exact) mass is 261 g/mol. The Labute approximate surface area is 117 Å². The zero-order valence-corrected chi connectivity index (χ0v) is 12.7. The first-order valence-corrected chi connectivity index (χ1v) is 7.34. The molecule has 3 heteroatoms. The molecule has 106 valence electrons. The van der Waals surface area contributed by atoms with Crippen molar-refractivity contribution in [1.82, 2.24) is 10.2 Å². The first-order valence-electron chi connectivity index (χ1n) is 7.34. The van der Waals surface area contributed by atoms with Gasteiger partial charge in [0.2, 0.25) is 0 Å². The van der Waals surface area contributed by atoms with Gasteiger partial charge in [0.15, 0.2) is 0 Å². The van der Waals surface area contributed by atoms with E-state index in [-0.39, 0.29) is 0 Å². The summed E-state index contributed by atoms with van der Waals surface area (Å²) in [6.07, 6.45) is 1.11. The van der Waals surface area contributed by atoms with Gasteiger partial charge in [0, 0.05) is 31.9 Å². The van der Waals surface area contributed by atoms with E-state index in [4.69, 9.17) is 0 Å². The summed E-state index contributed by atoms with van der Waals surface area (Å²) in [6, 6.07) is 7.26. The van der Waals surface area contributed by atoms with E-state index in [9.17, 15) is 0 Å². The average molecular weight is 261 g/mol. The third kappa shape index (κ3) is 3.28. The van der Waals surface area contributed by atoms with Crippen molar-refractivity contribution in [2.75, 3.05) is 45.2 Å². The van der Waals surface area contributed by atoms with E-state index in [0.717, 1.165) is 32.6 Å². The Morgan fingerprint density at radius 2 is 2.16 bits per heavy atom. The lowest BCUT2D eigenvalue weighted by Gasteiger charge is -2.41. The zero-order valence-electron chi connectivity index (χ0n) is 12.7. The number of nitrogens with zero attached hydrogens (tertiary/aromatic N) is 2. The smallest absolute Gasteiger partial charge is 0.0542 e. The van der Waals surface area contributed by atoms with Crippen LogP contribution in [0.15, 0.2) is 18.2 Å². The summed E-state index contributed by atoms with van der Waals surface area (Å²) in [5.41, 5.74) is 4.36. The molecule has 0 aromatic heterocycles. The van der Waals surface area contributed by atoms with E-state index in [1.165, 1.54) is 16.8 Å². The second kappa shape index (κ2) is 6.40. The Hall–Kier alpha value is -1.06. The minimum Gasteiger partial charge on any atom is -0.364 e. The summed E-state index contributed by atoms with van der Waals surface area (Å²) >= 11 is 0. The molecule has 0 radical (unpaired) electrons. The Morgan fingerprint density at radius 1 is 1.37 bits per heavy atom. The quantitative estimate of drug-likeness (QED) is 0.893. The number of hydrogen-bond acceptors (Lipinski definition) is 3. The highest BCUT2D eigenvalue weighted by Crippen LogP contribution is 2.28. The van der Waals surface area contributed by atoms with Gasteiger partial charge >= 0.3 is 0 Å². The highest BCUT2D eigenvalue weighted by Gasteiger charge is 2.25. The van der Waals surface area contributed by atoms with Crippen LogP contribution in [0.4, 0.5) is 5.69 Å². The van der Waals surface area contributed by atoms with Gasteiger partial charge in [-0.15, -0.1) is 0 Å². The molecule has 1 N–H and O–H groups in total. The minimum atomic E-state index is 0.565. The topological polar surface area (TPSA) is 18.5 Å². The first-order chi connectivity index (χ1) is 9.13. The van der Waals surface area contributed by atoms with E-state index >= 15 is 0 Å². The number of rotatable bonds is 4. The molecule has 0 amide bonds. The van der Waals surface area contributed by atoms with Crippen molar-refractivity contribution < 1.29 is 0 Å². The molecule has 1 heterocycles. The van der Waals surface area contributed by atoms with Crippen LogP contribution in [0.5, 0.6) is 0 Å². The van der Waals surface area contributed by atoms with Crippen LogP contribution in [0.1, 0.15) is 18.1 Å². The zero-order chi connectivity index (χ0) is 13.8. The van der Waals surface area contributed by atoms with E-state index in [1.807, 2.05) is 0 Å². The van der Waals surface area contributed by atoms with Crippen molar-refractivity contribution in [2.45, 2.75) is 26.3 Å². The lowest BCUT2D eigenvalue weighted by atomic mass is 10.0. The van der Waals surface area contributed by atoms with Crippen molar-refractivity contribution in [1.29, 1.82) is 0 Å². The second-order valence-electron chi connectivity index (χ2n) is 5.75. The van der Waals surface area contributed by atoms with Crippen LogP contribution in [0.25, 0.3) is 0 Å². The highest BCUT2D eigenvalue weighted by molar-refractivity contribution is 5.60. The lowest BCUT2D eigenvalue weighted by Crippen LogP contribution is -2.55. The summed E-state index contributed by atoms with van der Waals surface area (Å²) < 4.78 is 0. The number of benzene rings is 1. The lowest BCUT2D eigenvalue weighted by molar-refractivity contribution is 0.336. The molecule has 1 unspecified atom stereocenters. The van der Waals surface area contributed by atoms with E-state index < -0.39 is 0 Å². The molecule has 0 spiro atoms. The molecule has 0 saturated carbocycles. The summed E-state index contributed by atoms with van der Waals surface area (Å²) in [5.74, 6) is 0. The number of hydrogen-bond donors (Lipinski definition) is 1. The second-order valence-corrected chi connectivity index (χ2v) is 5.75. The third-order valence-electron chi connectivity index (χ3n) is 3.92. The normalized spacial score (nSPS) is 20.1. The molecular formula is C16H27N3. The summed E-state index contributed by atoms with van der Waals surface area (Å²) in [4.78, 5) is 4.90. The predicted molar refractivity (Wildman–Crippen MR) is 83.1 cm³/mol. The maximum Gasteiger partial charge on any atom is 0.0542 e. The molecule has 19 heavy (non-hydrogen) atoms. The fraction of sp³-hybridized carbons (Fsp3) is 0.625. The molecule has 1 aromatic rings. The maximum atomic E-state index is 3.53. The van der Waals surface area contributed by atoms with Gasteiger partial charge < -0.3 is 15.1 Å². The predicted octanol–water partition coefficient (Wildman–Crippen LogP) is 1.90. The van der Waals surface area contributed by atoms with Gasteiger partial charge in [-0.1, -0.05) is 25.1 Å². The Morgan fingerprint density at radius 3 is 2.84 bits per heavy atom. The number of para-hydroxylation sites is 1. The third-order valence-corrected chi connectivity index (χ3v) is 3.92. The van der Waals surface area contributed by atoms with Crippen molar-refractivity contribution in [2.24, 2.45) is 0 Å². The molecule has 1 aromatic carbocycles. The van der Waals surface area contributed by atoms with E-state index in [1.54, 1.807) is 0 Å². The van der Waals surface area contributed by atoms with Gasteiger partial charge in [0.25, 0.3) is 0 Å². The van der Waals surface area contributed by atoms with Crippen molar-refractivity contribution >= 4 is 5.69 Å². The van der Waals surface area contributed by atoms with E-state index in [0.29, 0.717) is 6.04 Å². The van der Waals surface area contributed by atoms with Gasteiger partial charge in [-0.25, -0.2) is 0 Å². The van der Waals surface area contributed by atoms with Gasteiger partial charge in [0.1, 0.15) is 0 Å². The molecule has 0 aliphatic carbocycles. The molecule has 1 aliphatic rings. The summed E-state index contributed by atoms with van der Waals surface area (Å²) in [6.45, 7) is 8.86. The van der Waals surface area contributed by atoms with Gasteiger partial charge in [-0.3, -0.25) is 0 Å². The SMILES string of the molecule is CCc1cccc(C)c1N1CCNCC1CN(C)C. The van der Waals surface area contributed by atoms with Crippen LogP contribution in [-0.2, 0) is 6.42 Å². The molecule has 1 saturated heterocycles. The van der Waals surface area contributed by atoms with E-state index in [2.05, 4.69) is 61.3 Å². The largest absolute Gasteiger partial charge is 0.364 e. The molecule has 0 bridgehead atoms. The minimum absolute atomic E-state index is 0.565.